The molecule has 1 unspecified atom stereocenters. The van der Waals surface area contributed by atoms with Gasteiger partial charge in [-0.1, -0.05) is 6.07 Å². The summed E-state index contributed by atoms with van der Waals surface area (Å²) in [6.45, 7) is 0. The van der Waals surface area contributed by atoms with E-state index in [4.69, 9.17) is 11.6 Å². The molecular weight excluding hydrogens is 216 g/mol. The lowest BCUT2D eigenvalue weighted by Crippen LogP contribution is -2.46. The van der Waals surface area contributed by atoms with Gasteiger partial charge in [-0.3, -0.25) is 9.80 Å². The topological polar surface area (TPSA) is 72.3 Å². The number of hydrazine groups is 1. The Kier molecular flexibility index (Phi) is 3.92. The smallest absolute Gasteiger partial charge is 0.253 e. The molecule has 0 saturated carbocycles. The molecule has 4 nitrogen and oxygen atoms in total. The molecular formula is C10H13F2N3O. The van der Waals surface area contributed by atoms with Crippen LogP contribution in [0.2, 0.25) is 0 Å². The number of hydrogen-bond donors (Lipinski definition) is 2. The number of nitrogens with zero attached hydrogens (tertiary/aromatic N) is 1. The van der Waals surface area contributed by atoms with E-state index in [-0.39, 0.29) is 6.42 Å². The Bertz CT molecular complexity index is 396. The molecule has 1 rings (SSSR count). The van der Waals surface area contributed by atoms with Crippen LogP contribution in [0.4, 0.5) is 8.78 Å². The number of likely N-dealkylation sites (N-methyl/N-ethyl adjacent to an activating group) is 1. The fourth-order valence-corrected chi connectivity index (χ4v) is 1.27. The van der Waals surface area contributed by atoms with E-state index in [0.29, 0.717) is 5.56 Å². The van der Waals surface area contributed by atoms with Crippen molar-refractivity contribution >= 4 is 5.91 Å². The van der Waals surface area contributed by atoms with Crippen molar-refractivity contribution < 1.29 is 13.6 Å². The maximum Gasteiger partial charge on any atom is 0.253 e. The third-order valence-corrected chi connectivity index (χ3v) is 2.10. The fraction of sp³-hybridized carbons (Fsp3) is 0.300. The molecule has 0 aromatic heterocycles. The SMILES string of the molecule is CN(N)C(=O)C(N)Cc1ccc(F)c(F)c1. The van der Waals surface area contributed by atoms with Crippen molar-refractivity contribution in [3.63, 3.8) is 0 Å². The van der Waals surface area contributed by atoms with E-state index in [1.54, 1.807) is 0 Å². The van der Waals surface area contributed by atoms with Gasteiger partial charge in [0.15, 0.2) is 11.6 Å². The second-order valence-electron chi connectivity index (χ2n) is 3.51. The molecule has 0 radical (unpaired) electrons. The average Bonchev–Trinajstić information content (AvgIpc) is 2.22. The van der Waals surface area contributed by atoms with E-state index in [0.717, 1.165) is 17.1 Å². The summed E-state index contributed by atoms with van der Waals surface area (Å²) in [7, 11) is 1.37. The first-order chi connectivity index (χ1) is 7.41. The van der Waals surface area contributed by atoms with Crippen LogP contribution >= 0.6 is 0 Å². The fourth-order valence-electron chi connectivity index (χ4n) is 1.27. The molecule has 1 aromatic rings. The monoisotopic (exact) mass is 229 g/mol. The summed E-state index contributed by atoms with van der Waals surface area (Å²) >= 11 is 0. The average molecular weight is 229 g/mol. The number of carbonyl (C=O) groups excluding carboxylic acids is 1. The summed E-state index contributed by atoms with van der Waals surface area (Å²) in [5.41, 5.74) is 6.00. The molecule has 0 aliphatic heterocycles. The Morgan fingerprint density at radius 3 is 2.56 bits per heavy atom. The van der Waals surface area contributed by atoms with Crippen molar-refractivity contribution in [1.82, 2.24) is 5.01 Å². The molecule has 0 aliphatic rings. The van der Waals surface area contributed by atoms with E-state index in [2.05, 4.69) is 0 Å². The van der Waals surface area contributed by atoms with Crippen molar-refractivity contribution in [2.45, 2.75) is 12.5 Å². The van der Waals surface area contributed by atoms with E-state index in [9.17, 15) is 13.6 Å². The van der Waals surface area contributed by atoms with Gasteiger partial charge in [-0.2, -0.15) is 0 Å². The Morgan fingerprint density at radius 1 is 1.44 bits per heavy atom. The van der Waals surface area contributed by atoms with E-state index < -0.39 is 23.6 Å². The molecule has 88 valence electrons. The normalized spacial score (nSPS) is 12.3. The van der Waals surface area contributed by atoms with Gasteiger partial charge < -0.3 is 5.73 Å². The van der Waals surface area contributed by atoms with Crippen LogP contribution in [-0.4, -0.2) is 24.0 Å². The van der Waals surface area contributed by atoms with Crippen molar-refractivity contribution in [2.24, 2.45) is 11.6 Å². The summed E-state index contributed by atoms with van der Waals surface area (Å²) < 4.78 is 25.5. The highest BCUT2D eigenvalue weighted by Crippen LogP contribution is 2.10. The van der Waals surface area contributed by atoms with Crippen molar-refractivity contribution in [3.8, 4) is 0 Å². The highest BCUT2D eigenvalue weighted by atomic mass is 19.2. The van der Waals surface area contributed by atoms with Crippen LogP contribution in [0.1, 0.15) is 5.56 Å². The first kappa shape index (κ1) is 12.5. The van der Waals surface area contributed by atoms with Crippen LogP contribution in [-0.2, 0) is 11.2 Å². The molecule has 1 aromatic carbocycles. The first-order valence-corrected chi connectivity index (χ1v) is 4.63. The summed E-state index contributed by atoms with van der Waals surface area (Å²) in [6.07, 6.45) is 0.109. The maximum atomic E-state index is 12.9. The van der Waals surface area contributed by atoms with Crippen LogP contribution < -0.4 is 11.6 Å². The Hall–Kier alpha value is -1.53. The third kappa shape index (κ3) is 2.98. The largest absolute Gasteiger partial charge is 0.320 e. The second kappa shape index (κ2) is 5.00. The number of halogens is 2. The Morgan fingerprint density at radius 2 is 2.06 bits per heavy atom. The minimum atomic E-state index is -0.960. The minimum Gasteiger partial charge on any atom is -0.320 e. The van der Waals surface area contributed by atoms with Crippen molar-refractivity contribution in [3.05, 3.63) is 35.4 Å². The lowest BCUT2D eigenvalue weighted by molar-refractivity contribution is -0.131. The highest BCUT2D eigenvalue weighted by molar-refractivity contribution is 5.81. The van der Waals surface area contributed by atoms with Crippen LogP contribution in [0.25, 0.3) is 0 Å². The number of amides is 1. The van der Waals surface area contributed by atoms with E-state index >= 15 is 0 Å². The minimum absolute atomic E-state index is 0.109. The molecule has 0 bridgehead atoms. The molecule has 1 atom stereocenters. The third-order valence-electron chi connectivity index (χ3n) is 2.10. The number of rotatable bonds is 3. The van der Waals surface area contributed by atoms with Crippen LogP contribution in [0.15, 0.2) is 18.2 Å². The predicted molar refractivity (Wildman–Crippen MR) is 55.0 cm³/mol. The quantitative estimate of drug-likeness (QED) is 0.441. The van der Waals surface area contributed by atoms with Crippen LogP contribution in [0, 0.1) is 11.6 Å². The van der Waals surface area contributed by atoms with E-state index in [1.165, 1.54) is 13.1 Å². The number of carbonyl (C=O) groups is 1. The molecule has 1 amide bonds. The summed E-state index contributed by atoms with van der Waals surface area (Å²) in [4.78, 5) is 11.3. The van der Waals surface area contributed by atoms with Gasteiger partial charge in [0.05, 0.1) is 6.04 Å². The van der Waals surface area contributed by atoms with Gasteiger partial charge in [-0.15, -0.1) is 0 Å². The summed E-state index contributed by atoms with van der Waals surface area (Å²) in [5.74, 6) is 2.86. The molecule has 0 saturated heterocycles. The first-order valence-electron chi connectivity index (χ1n) is 4.63. The second-order valence-corrected chi connectivity index (χ2v) is 3.51. The van der Waals surface area contributed by atoms with Gasteiger partial charge in [0, 0.05) is 7.05 Å². The Labute approximate surface area is 91.8 Å². The van der Waals surface area contributed by atoms with Gasteiger partial charge in [0.25, 0.3) is 5.91 Å². The molecule has 0 fully saturated rings. The molecule has 16 heavy (non-hydrogen) atoms. The highest BCUT2D eigenvalue weighted by Gasteiger charge is 2.16. The summed E-state index contributed by atoms with van der Waals surface area (Å²) in [6, 6.07) is 2.52. The number of benzene rings is 1. The zero-order valence-electron chi connectivity index (χ0n) is 8.78. The number of hydrogen-bond acceptors (Lipinski definition) is 3. The lowest BCUT2D eigenvalue weighted by Gasteiger charge is -2.16. The maximum absolute atomic E-state index is 12.9. The number of nitrogens with two attached hydrogens (primary N) is 2. The molecule has 6 heteroatoms. The van der Waals surface area contributed by atoms with Gasteiger partial charge in [-0.25, -0.2) is 14.6 Å². The molecule has 0 heterocycles. The van der Waals surface area contributed by atoms with Gasteiger partial charge in [0.2, 0.25) is 0 Å². The lowest BCUT2D eigenvalue weighted by atomic mass is 10.1. The molecule has 4 N–H and O–H groups in total. The zero-order valence-corrected chi connectivity index (χ0v) is 8.78. The Balaban J connectivity index is 2.73. The van der Waals surface area contributed by atoms with Gasteiger partial charge in [0.1, 0.15) is 0 Å². The van der Waals surface area contributed by atoms with Crippen LogP contribution in [0.5, 0.6) is 0 Å². The summed E-state index contributed by atoms with van der Waals surface area (Å²) in [5, 5.41) is 0.866. The predicted octanol–water partition coefficient (Wildman–Crippen LogP) is 0.167. The van der Waals surface area contributed by atoms with Gasteiger partial charge in [-0.05, 0) is 24.1 Å². The molecule has 0 spiro atoms. The van der Waals surface area contributed by atoms with E-state index in [1.807, 2.05) is 0 Å². The zero-order chi connectivity index (χ0) is 12.3. The van der Waals surface area contributed by atoms with Gasteiger partial charge >= 0.3 is 0 Å². The molecule has 0 aliphatic carbocycles. The van der Waals surface area contributed by atoms with Crippen molar-refractivity contribution in [2.75, 3.05) is 7.05 Å². The standard InChI is InChI=1S/C10H13F2N3O/c1-15(14)10(16)9(13)5-6-2-3-7(11)8(12)4-6/h2-4,9H,5,13-14H2,1H3. The van der Waals surface area contributed by atoms with Crippen LogP contribution in [0.3, 0.4) is 0 Å². The van der Waals surface area contributed by atoms with Crippen molar-refractivity contribution in [1.29, 1.82) is 0 Å².